The highest BCUT2D eigenvalue weighted by atomic mass is 32.2. The van der Waals surface area contributed by atoms with E-state index in [2.05, 4.69) is 10.6 Å². The van der Waals surface area contributed by atoms with Gasteiger partial charge in [-0.15, -0.1) is 0 Å². The first-order valence-electron chi connectivity index (χ1n) is 6.03. The Morgan fingerprint density at radius 3 is 2.94 bits per heavy atom. The fourth-order valence-corrected chi connectivity index (χ4v) is 2.86. The van der Waals surface area contributed by atoms with Crippen LogP contribution >= 0.6 is 11.8 Å². The van der Waals surface area contributed by atoms with Crippen molar-refractivity contribution >= 4 is 23.7 Å². The van der Waals surface area contributed by atoms with Crippen LogP contribution in [0.15, 0.2) is 0 Å². The third-order valence-corrected chi connectivity index (χ3v) is 4.06. The second-order valence-corrected chi connectivity index (χ2v) is 5.58. The van der Waals surface area contributed by atoms with Crippen LogP contribution in [0.4, 0.5) is 4.79 Å². The van der Waals surface area contributed by atoms with Crippen LogP contribution < -0.4 is 10.6 Å². The van der Waals surface area contributed by atoms with Gasteiger partial charge in [0.2, 0.25) is 0 Å². The van der Waals surface area contributed by atoms with Crippen molar-refractivity contribution in [1.82, 2.24) is 15.5 Å². The Labute approximate surface area is 106 Å². The van der Waals surface area contributed by atoms with Gasteiger partial charge in [-0.05, 0) is 37.8 Å². The molecule has 5 nitrogen and oxygen atoms in total. The molecule has 2 heterocycles. The van der Waals surface area contributed by atoms with E-state index < -0.39 is 5.54 Å². The van der Waals surface area contributed by atoms with Crippen LogP contribution in [0, 0.1) is 0 Å². The molecule has 1 atom stereocenters. The number of imide groups is 1. The molecule has 0 aromatic carbocycles. The van der Waals surface area contributed by atoms with Crippen molar-refractivity contribution in [3.05, 3.63) is 0 Å². The first-order chi connectivity index (χ1) is 8.19. The molecule has 6 heteroatoms. The Morgan fingerprint density at radius 1 is 1.47 bits per heavy atom. The van der Waals surface area contributed by atoms with E-state index in [0.717, 1.165) is 31.6 Å². The molecule has 0 radical (unpaired) electrons. The van der Waals surface area contributed by atoms with Crippen LogP contribution in [0.5, 0.6) is 0 Å². The first-order valence-corrected chi connectivity index (χ1v) is 7.43. The van der Waals surface area contributed by atoms with Gasteiger partial charge in [-0.1, -0.05) is 0 Å². The number of hydrogen-bond donors (Lipinski definition) is 2. The fourth-order valence-electron chi connectivity index (χ4n) is 2.44. The molecule has 3 amide bonds. The lowest BCUT2D eigenvalue weighted by Crippen LogP contribution is -2.57. The summed E-state index contributed by atoms with van der Waals surface area (Å²) in [4.78, 5) is 25.5. The van der Waals surface area contributed by atoms with Crippen molar-refractivity contribution in [2.24, 2.45) is 0 Å². The molecule has 0 saturated carbocycles. The van der Waals surface area contributed by atoms with E-state index in [4.69, 9.17) is 0 Å². The average Bonchev–Trinajstić information content (AvgIpc) is 2.55. The number of thioether (sulfide) groups is 1. The maximum absolute atomic E-state index is 12.3. The Kier molecular flexibility index (Phi) is 3.93. The number of amides is 3. The van der Waals surface area contributed by atoms with Crippen molar-refractivity contribution in [2.45, 2.75) is 24.8 Å². The van der Waals surface area contributed by atoms with Gasteiger partial charge in [0.05, 0.1) is 0 Å². The van der Waals surface area contributed by atoms with Gasteiger partial charge in [0.1, 0.15) is 5.54 Å². The Bertz CT molecular complexity index is 316. The molecular weight excluding hydrogens is 238 g/mol. The molecule has 2 aliphatic rings. The van der Waals surface area contributed by atoms with Gasteiger partial charge in [0, 0.05) is 13.1 Å². The molecule has 96 valence electrons. The predicted octanol–water partition coefficient (Wildman–Crippen LogP) is 0.413. The zero-order valence-corrected chi connectivity index (χ0v) is 10.9. The molecular formula is C11H19N3O2S. The van der Waals surface area contributed by atoms with E-state index in [1.807, 2.05) is 6.26 Å². The van der Waals surface area contributed by atoms with Crippen LogP contribution in [0.2, 0.25) is 0 Å². The third kappa shape index (κ3) is 2.42. The number of rotatable bonds is 4. The summed E-state index contributed by atoms with van der Waals surface area (Å²) in [6.45, 7) is 2.03. The Morgan fingerprint density at radius 2 is 2.29 bits per heavy atom. The molecule has 1 spiro atoms. The van der Waals surface area contributed by atoms with E-state index in [1.165, 1.54) is 4.90 Å². The lowest BCUT2D eigenvalue weighted by molar-refractivity contribution is -0.131. The molecule has 17 heavy (non-hydrogen) atoms. The number of piperidine rings is 1. The van der Waals surface area contributed by atoms with Crippen molar-refractivity contribution in [3.63, 3.8) is 0 Å². The number of hydrogen-bond acceptors (Lipinski definition) is 4. The number of carbonyl (C=O) groups excluding carboxylic acids is 2. The predicted molar refractivity (Wildman–Crippen MR) is 68.1 cm³/mol. The monoisotopic (exact) mass is 257 g/mol. The van der Waals surface area contributed by atoms with Gasteiger partial charge in [-0.3, -0.25) is 9.69 Å². The van der Waals surface area contributed by atoms with Crippen LogP contribution in [0.25, 0.3) is 0 Å². The summed E-state index contributed by atoms with van der Waals surface area (Å²) in [5.74, 6) is 0.929. The maximum atomic E-state index is 12.3. The van der Waals surface area contributed by atoms with E-state index in [1.54, 1.807) is 11.8 Å². The van der Waals surface area contributed by atoms with Crippen LogP contribution in [-0.4, -0.2) is 54.0 Å². The third-order valence-electron chi connectivity index (χ3n) is 3.36. The normalized spacial score (nSPS) is 28.9. The van der Waals surface area contributed by atoms with Crippen molar-refractivity contribution in [3.8, 4) is 0 Å². The second-order valence-electron chi connectivity index (χ2n) is 4.60. The van der Waals surface area contributed by atoms with Gasteiger partial charge in [0.25, 0.3) is 5.91 Å². The van der Waals surface area contributed by atoms with Crippen molar-refractivity contribution in [1.29, 1.82) is 0 Å². The summed E-state index contributed by atoms with van der Waals surface area (Å²) in [6, 6.07) is -0.222. The van der Waals surface area contributed by atoms with Gasteiger partial charge in [0.15, 0.2) is 0 Å². The van der Waals surface area contributed by atoms with E-state index in [0.29, 0.717) is 13.1 Å². The largest absolute Gasteiger partial charge is 0.325 e. The standard InChI is InChI=1S/C11H19N3O2S/c1-17-7-3-6-14-9(15)11(13-10(14)16)4-2-5-12-8-11/h12H,2-8H2,1H3,(H,13,16). The summed E-state index contributed by atoms with van der Waals surface area (Å²) in [5.41, 5.74) is -0.658. The van der Waals surface area contributed by atoms with E-state index in [-0.39, 0.29) is 11.9 Å². The fraction of sp³-hybridized carbons (Fsp3) is 0.818. The van der Waals surface area contributed by atoms with Crippen LogP contribution in [-0.2, 0) is 4.79 Å². The lowest BCUT2D eigenvalue weighted by Gasteiger charge is -2.31. The van der Waals surface area contributed by atoms with Gasteiger partial charge >= 0.3 is 6.03 Å². The minimum atomic E-state index is -0.658. The minimum Gasteiger partial charge on any atom is -0.322 e. The number of nitrogens with zero attached hydrogens (tertiary/aromatic N) is 1. The van der Waals surface area contributed by atoms with Crippen LogP contribution in [0.3, 0.4) is 0 Å². The van der Waals surface area contributed by atoms with Crippen LogP contribution in [0.1, 0.15) is 19.3 Å². The molecule has 0 aromatic rings. The molecule has 0 aliphatic carbocycles. The highest BCUT2D eigenvalue weighted by Crippen LogP contribution is 2.25. The zero-order chi connectivity index (χ0) is 12.3. The first kappa shape index (κ1) is 12.7. The Balaban J connectivity index is 2.00. The molecule has 0 aromatic heterocycles. The lowest BCUT2D eigenvalue weighted by atomic mass is 9.90. The topological polar surface area (TPSA) is 61.4 Å². The van der Waals surface area contributed by atoms with Gasteiger partial charge in [-0.2, -0.15) is 11.8 Å². The second kappa shape index (κ2) is 5.27. The van der Waals surface area contributed by atoms with E-state index in [9.17, 15) is 9.59 Å². The molecule has 2 N–H and O–H groups in total. The highest BCUT2D eigenvalue weighted by molar-refractivity contribution is 7.98. The maximum Gasteiger partial charge on any atom is 0.325 e. The quantitative estimate of drug-likeness (QED) is 0.566. The summed E-state index contributed by atoms with van der Waals surface area (Å²) in [7, 11) is 0. The minimum absolute atomic E-state index is 0.0456. The molecule has 0 bridgehead atoms. The molecule has 2 saturated heterocycles. The zero-order valence-electron chi connectivity index (χ0n) is 10.1. The molecule has 2 aliphatic heterocycles. The number of urea groups is 1. The summed E-state index contributed by atoms with van der Waals surface area (Å²) in [6.07, 6.45) is 4.58. The van der Waals surface area contributed by atoms with Crippen molar-refractivity contribution < 1.29 is 9.59 Å². The summed E-state index contributed by atoms with van der Waals surface area (Å²) < 4.78 is 0. The summed E-state index contributed by atoms with van der Waals surface area (Å²) >= 11 is 1.73. The molecule has 2 rings (SSSR count). The average molecular weight is 257 g/mol. The number of nitrogens with one attached hydrogen (secondary N) is 2. The number of carbonyl (C=O) groups is 2. The highest BCUT2D eigenvalue weighted by Gasteiger charge is 2.51. The van der Waals surface area contributed by atoms with E-state index >= 15 is 0 Å². The van der Waals surface area contributed by atoms with Gasteiger partial charge < -0.3 is 10.6 Å². The molecule has 2 fully saturated rings. The SMILES string of the molecule is CSCCCN1C(=O)NC2(CCCNC2)C1=O. The smallest absolute Gasteiger partial charge is 0.322 e. The van der Waals surface area contributed by atoms with Gasteiger partial charge in [-0.25, -0.2) is 4.79 Å². The molecule has 1 unspecified atom stereocenters. The van der Waals surface area contributed by atoms with Crippen molar-refractivity contribution in [2.75, 3.05) is 31.6 Å². The summed E-state index contributed by atoms with van der Waals surface area (Å²) in [5, 5.41) is 6.05. The Hall–Kier alpha value is -0.750.